The number of benzene rings is 5. The summed E-state index contributed by atoms with van der Waals surface area (Å²) in [5, 5.41) is 11.4. The molecule has 0 amide bonds. The van der Waals surface area contributed by atoms with E-state index < -0.39 is 54.9 Å². The summed E-state index contributed by atoms with van der Waals surface area (Å²) >= 11 is 0. The van der Waals surface area contributed by atoms with Gasteiger partial charge in [-0.25, -0.2) is 0 Å². The predicted octanol–water partition coefficient (Wildman–Crippen LogP) is 17.3. The van der Waals surface area contributed by atoms with Gasteiger partial charge in [0.05, 0.1) is 28.7 Å². The van der Waals surface area contributed by atoms with Crippen molar-refractivity contribution in [3.05, 3.63) is 207 Å². The Balaban J connectivity index is 1.02. The van der Waals surface area contributed by atoms with Crippen LogP contribution in [0.5, 0.6) is 0 Å². The molecule has 364 valence electrons. The van der Waals surface area contributed by atoms with Gasteiger partial charge in [-0.15, -0.1) is 0 Å². The molecule has 9 aromatic rings. The molecular formula is C68H66N4O. The van der Waals surface area contributed by atoms with Gasteiger partial charge in [-0.1, -0.05) is 130 Å². The maximum absolute atomic E-state index is 10.1. The molecule has 0 radical (unpaired) electrons. The fourth-order valence-electron chi connectivity index (χ4n) is 11.7. The van der Waals surface area contributed by atoms with Gasteiger partial charge in [0.2, 0.25) is 0 Å². The van der Waals surface area contributed by atoms with E-state index in [-0.39, 0.29) is 34.4 Å². The molecule has 12 rings (SSSR count). The van der Waals surface area contributed by atoms with Gasteiger partial charge < -0.3 is 4.42 Å². The fraction of sp³-hybridized carbons (Fsp3) is 0.324. The van der Waals surface area contributed by atoms with Gasteiger partial charge in [0.1, 0.15) is 11.2 Å². The number of aromatic nitrogens is 3. The van der Waals surface area contributed by atoms with E-state index in [9.17, 15) is 21.7 Å². The Morgan fingerprint density at radius 2 is 0.904 bits per heavy atom. The second kappa shape index (κ2) is 21.1. The van der Waals surface area contributed by atoms with Crippen LogP contribution in [0.3, 0.4) is 0 Å². The SMILES string of the molecule is [2H]C([2H])(c1cc(C([2H])([2H])C([2H])([2H])c2cnc(-c3ccccc3)cc2C2CCCC2)cc(C([2H])([2H])C([2H])([2H])c2cnc(-c3cccc4c3oc3c(C)c(C#N)ccc34)cc2C2CCCC2)c1)C([2H])([2H])c1cnc(-c2ccccc2)cc1C1CCCC1. The Hall–Kier alpha value is -7.16. The van der Waals surface area contributed by atoms with Crippen molar-refractivity contribution >= 4 is 21.9 Å². The maximum atomic E-state index is 10.1. The van der Waals surface area contributed by atoms with Gasteiger partial charge in [0.25, 0.3) is 0 Å². The largest absolute Gasteiger partial charge is 0.455 e. The second-order valence-corrected chi connectivity index (χ2v) is 20.2. The molecule has 73 heavy (non-hydrogen) atoms. The molecule has 0 bridgehead atoms. The van der Waals surface area contributed by atoms with Crippen LogP contribution >= 0.6 is 0 Å². The minimum atomic E-state index is -3.13. The summed E-state index contributed by atoms with van der Waals surface area (Å²) in [6, 6.07) is 39.2. The summed E-state index contributed by atoms with van der Waals surface area (Å²) in [7, 11) is 0. The monoisotopic (exact) mass is 967 g/mol. The van der Waals surface area contributed by atoms with Crippen molar-refractivity contribution in [1.29, 1.82) is 5.26 Å². The number of hydrogen-bond acceptors (Lipinski definition) is 5. The van der Waals surface area contributed by atoms with Crippen LogP contribution in [-0.2, 0) is 38.2 Å². The number of hydrogen-bond donors (Lipinski definition) is 0. The fourth-order valence-corrected chi connectivity index (χ4v) is 11.7. The van der Waals surface area contributed by atoms with E-state index in [0.29, 0.717) is 74.5 Å². The zero-order valence-corrected chi connectivity index (χ0v) is 41.3. The normalized spacial score (nSPS) is 19.1. The standard InChI is InChI=1S/C68H66N4O/c1-45-54(41-69)33-34-59-58-25-14-26-60(68(58)73-67(45)59)66-40-63(51-19-12-13-20-51)57(44-72-66)32-29-48-36-46(27-30-55-42-70-64(52-21-4-2-5-22-52)38-61(55)49-15-8-9-16-49)35-47(37-48)28-31-56-43-71-65(53-23-6-3-7-24-53)39-62(56)50-17-10-11-18-50/h2-7,14,21-26,33-40,42-44,49-51H,8-13,15-20,27-32H2,1H3/i27D2,28D2,29D2,30D2,31D2,32D2. The number of nitrogens with zero attached hydrogens (tertiary/aromatic N) is 4. The molecule has 3 saturated carbocycles. The highest BCUT2D eigenvalue weighted by atomic mass is 16.3. The molecule has 0 aliphatic heterocycles. The van der Waals surface area contributed by atoms with Crippen molar-refractivity contribution in [2.75, 3.05) is 0 Å². The van der Waals surface area contributed by atoms with Crippen molar-refractivity contribution in [3.8, 4) is 39.8 Å². The topological polar surface area (TPSA) is 75.6 Å². The Morgan fingerprint density at radius 3 is 1.36 bits per heavy atom. The number of aryl methyl sites for hydroxylation is 7. The Kier molecular flexibility index (Phi) is 10.2. The van der Waals surface area contributed by atoms with Gasteiger partial charge in [0.15, 0.2) is 0 Å². The zero-order chi connectivity index (χ0) is 59.8. The molecule has 0 unspecified atom stereocenters. The quantitative estimate of drug-likeness (QED) is 0.102. The van der Waals surface area contributed by atoms with Crippen molar-refractivity contribution < 1.29 is 20.9 Å². The van der Waals surface area contributed by atoms with Crippen molar-refractivity contribution in [2.24, 2.45) is 0 Å². The molecule has 0 atom stereocenters. The van der Waals surface area contributed by atoms with E-state index in [1.54, 1.807) is 12.1 Å². The predicted molar refractivity (Wildman–Crippen MR) is 298 cm³/mol. The third-order valence-electron chi connectivity index (χ3n) is 15.6. The van der Waals surface area contributed by atoms with Crippen LogP contribution < -0.4 is 0 Å². The average Bonchev–Trinajstić information content (AvgIpc) is 1.16. The molecule has 4 aromatic heterocycles. The van der Waals surface area contributed by atoms with E-state index in [4.69, 9.17) is 19.4 Å². The van der Waals surface area contributed by atoms with Crippen LogP contribution in [-0.4, -0.2) is 15.0 Å². The molecule has 5 aromatic carbocycles. The Morgan fingerprint density at radius 1 is 0.479 bits per heavy atom. The Labute approximate surface area is 448 Å². The lowest BCUT2D eigenvalue weighted by molar-refractivity contribution is 0.666. The van der Waals surface area contributed by atoms with Crippen LogP contribution in [0.1, 0.15) is 172 Å². The van der Waals surface area contributed by atoms with Crippen LogP contribution in [0.15, 0.2) is 150 Å². The first-order valence-electron chi connectivity index (χ1n) is 32.2. The van der Waals surface area contributed by atoms with E-state index in [0.717, 1.165) is 104 Å². The number of pyridine rings is 3. The molecule has 0 spiro atoms. The highest BCUT2D eigenvalue weighted by molar-refractivity contribution is 6.10. The molecule has 5 heteroatoms. The van der Waals surface area contributed by atoms with Gasteiger partial charge >= 0.3 is 0 Å². The highest BCUT2D eigenvalue weighted by Gasteiger charge is 2.25. The summed E-state index contributed by atoms with van der Waals surface area (Å²) < 4.78 is 127. The average molecular weight is 967 g/mol. The van der Waals surface area contributed by atoms with Crippen molar-refractivity contribution in [2.45, 2.75) is 140 Å². The lowest BCUT2D eigenvalue weighted by Crippen LogP contribution is -2.06. The minimum Gasteiger partial charge on any atom is -0.455 e. The summed E-state index contributed by atoms with van der Waals surface area (Å²) in [5.74, 6) is -0.432. The van der Waals surface area contributed by atoms with Gasteiger partial charge in [0, 0.05) is 68.1 Å². The number of para-hydroxylation sites is 1. The highest BCUT2D eigenvalue weighted by Crippen LogP contribution is 2.43. The third kappa shape index (κ3) is 9.90. The van der Waals surface area contributed by atoms with E-state index in [2.05, 4.69) is 6.07 Å². The zero-order valence-electron chi connectivity index (χ0n) is 53.3. The number of fused-ring (bicyclic) bond motifs is 3. The molecule has 3 aliphatic rings. The molecule has 3 fully saturated rings. The van der Waals surface area contributed by atoms with E-state index in [1.165, 1.54) is 18.6 Å². The van der Waals surface area contributed by atoms with Crippen LogP contribution in [0.25, 0.3) is 55.7 Å². The van der Waals surface area contributed by atoms with Crippen LogP contribution in [0.4, 0.5) is 0 Å². The van der Waals surface area contributed by atoms with Crippen LogP contribution in [0.2, 0.25) is 0 Å². The van der Waals surface area contributed by atoms with Crippen LogP contribution in [0, 0.1) is 18.3 Å². The third-order valence-corrected chi connectivity index (χ3v) is 15.6. The van der Waals surface area contributed by atoms with Gasteiger partial charge in [-0.2, -0.15) is 5.26 Å². The molecule has 3 aliphatic carbocycles. The lowest BCUT2D eigenvalue weighted by atomic mass is 9.87. The molecule has 0 saturated heterocycles. The van der Waals surface area contributed by atoms with Crippen molar-refractivity contribution in [1.82, 2.24) is 15.0 Å². The molecular weight excluding hydrogens is 889 g/mol. The number of nitriles is 1. The molecule has 4 heterocycles. The maximum Gasteiger partial charge on any atom is 0.144 e. The Bertz CT molecular complexity index is 3900. The summed E-state index contributed by atoms with van der Waals surface area (Å²) in [6.45, 7) is 1.84. The molecule has 0 N–H and O–H groups in total. The van der Waals surface area contributed by atoms with Crippen molar-refractivity contribution in [3.63, 3.8) is 0 Å². The first-order valence-corrected chi connectivity index (χ1v) is 26.2. The first kappa shape index (κ1) is 35.1. The number of furan rings is 1. The summed E-state index contributed by atoms with van der Waals surface area (Å²) in [6.07, 6.45) is -4.30. The second-order valence-electron chi connectivity index (χ2n) is 20.2. The molecule has 5 nitrogen and oxygen atoms in total. The first-order chi connectivity index (χ1) is 40.6. The minimum absolute atomic E-state index is 0.00809. The van der Waals surface area contributed by atoms with E-state index in [1.807, 2.05) is 104 Å². The van der Waals surface area contributed by atoms with Gasteiger partial charge in [-0.3, -0.25) is 15.0 Å². The van der Waals surface area contributed by atoms with Gasteiger partial charge in [-0.05, 0) is 188 Å². The smallest absolute Gasteiger partial charge is 0.144 e. The summed E-state index contributed by atoms with van der Waals surface area (Å²) in [5.41, 5.74) is 6.29. The lowest BCUT2D eigenvalue weighted by Gasteiger charge is -2.19. The van der Waals surface area contributed by atoms with E-state index >= 15 is 0 Å². The number of rotatable bonds is 15. The summed E-state index contributed by atoms with van der Waals surface area (Å²) in [4.78, 5) is 14.3.